The van der Waals surface area contributed by atoms with Crippen LogP contribution in [0, 0.1) is 30.3 Å². The zero-order chi connectivity index (χ0) is 18.4. The summed E-state index contributed by atoms with van der Waals surface area (Å²) in [5.74, 6) is 0. The predicted octanol–water partition coefficient (Wildman–Crippen LogP) is 2.37. The fourth-order valence-electron chi connectivity index (χ4n) is 0.548. The van der Waals surface area contributed by atoms with Crippen molar-refractivity contribution in [2.45, 2.75) is 53.4 Å². The van der Waals surface area contributed by atoms with Crippen molar-refractivity contribution in [3.05, 3.63) is 30.3 Å². The summed E-state index contributed by atoms with van der Waals surface area (Å²) in [5.41, 5.74) is 5.03. The van der Waals surface area contributed by atoms with Crippen molar-refractivity contribution < 1.29 is 14.8 Å². The van der Waals surface area contributed by atoms with E-state index in [0.717, 1.165) is 13.0 Å². The van der Waals surface area contributed by atoms with Crippen LogP contribution in [0.4, 0.5) is 0 Å². The van der Waals surface area contributed by atoms with Crippen molar-refractivity contribution in [3.8, 4) is 0 Å². The minimum Gasteiger partial charge on any atom is -0.330 e. The maximum absolute atomic E-state index is 9.40. The Hall–Kier alpha value is -1.84. The second-order valence-electron chi connectivity index (χ2n) is 3.96. The molecule has 0 heterocycles. The molecule has 0 amide bonds. The second kappa shape index (κ2) is 27.5. The molecule has 0 aliphatic rings. The summed E-state index contributed by atoms with van der Waals surface area (Å²) in [6.07, 6.45) is 2.99. The third kappa shape index (κ3) is 80.3. The normalized spacial score (nSPS) is 8.05. The predicted molar refractivity (Wildman–Crippen MR) is 85.8 cm³/mol. The summed E-state index contributed by atoms with van der Waals surface area (Å²) in [6, 6.07) is 0. The van der Waals surface area contributed by atoms with Gasteiger partial charge in [0.1, 0.15) is 0 Å². The first-order valence-corrected chi connectivity index (χ1v) is 7.28. The van der Waals surface area contributed by atoms with Crippen LogP contribution in [0.3, 0.4) is 0 Å². The molecule has 0 aliphatic heterocycles. The van der Waals surface area contributed by atoms with Gasteiger partial charge in [-0.3, -0.25) is 30.3 Å². The monoisotopic (exact) mass is 326 g/mol. The molecule has 10 heteroatoms. The standard InChI is InChI=1S/3C3H7NO2.C3H9N/c3*1-2-3-4(5)6;1-2-3-4/h3*2-3H2,1H3;2-4H2,1H3. The molecule has 0 saturated heterocycles. The Balaban J connectivity index is -0.0000000994. The Kier molecular flexibility index (Phi) is 35.4. The molecular weight excluding hydrogens is 296 g/mol. The average molecular weight is 326 g/mol. The minimum absolute atomic E-state index is 0.0972. The van der Waals surface area contributed by atoms with E-state index in [9.17, 15) is 30.3 Å². The molecule has 22 heavy (non-hydrogen) atoms. The first-order valence-electron chi connectivity index (χ1n) is 7.28. The van der Waals surface area contributed by atoms with Crippen molar-refractivity contribution in [2.75, 3.05) is 26.2 Å². The molecular formula is C12H30N4O6. The van der Waals surface area contributed by atoms with Crippen molar-refractivity contribution in [2.24, 2.45) is 5.73 Å². The van der Waals surface area contributed by atoms with Crippen molar-refractivity contribution in [3.63, 3.8) is 0 Å². The summed E-state index contributed by atoms with van der Waals surface area (Å²) in [4.78, 5) is 27.3. The fourth-order valence-corrected chi connectivity index (χ4v) is 0.548. The number of nitro groups is 3. The van der Waals surface area contributed by atoms with Gasteiger partial charge in [0.15, 0.2) is 0 Å². The van der Waals surface area contributed by atoms with Gasteiger partial charge in [0.2, 0.25) is 19.6 Å². The van der Waals surface area contributed by atoms with E-state index in [4.69, 9.17) is 5.73 Å². The van der Waals surface area contributed by atoms with E-state index in [1.807, 2.05) is 0 Å². The van der Waals surface area contributed by atoms with Crippen molar-refractivity contribution in [1.82, 2.24) is 0 Å². The smallest absolute Gasteiger partial charge is 0.203 e. The molecule has 0 rings (SSSR count). The molecule has 0 saturated carbocycles. The Morgan fingerprint density at radius 1 is 0.636 bits per heavy atom. The van der Waals surface area contributed by atoms with Gasteiger partial charge in [-0.15, -0.1) is 0 Å². The van der Waals surface area contributed by atoms with E-state index in [2.05, 4.69) is 6.92 Å². The van der Waals surface area contributed by atoms with Crippen molar-refractivity contribution >= 4 is 0 Å². The van der Waals surface area contributed by atoms with Gasteiger partial charge in [-0.05, 0) is 13.0 Å². The summed E-state index contributed by atoms with van der Waals surface area (Å²) < 4.78 is 0. The molecule has 0 unspecified atom stereocenters. The van der Waals surface area contributed by atoms with Gasteiger partial charge in [0, 0.05) is 34.0 Å². The summed E-state index contributed by atoms with van der Waals surface area (Å²) in [7, 11) is 0. The van der Waals surface area contributed by atoms with E-state index >= 15 is 0 Å². The number of hydrogen-bond acceptors (Lipinski definition) is 7. The fraction of sp³-hybridized carbons (Fsp3) is 1.00. The molecule has 2 N–H and O–H groups in total. The van der Waals surface area contributed by atoms with Crippen LogP contribution in [-0.2, 0) is 0 Å². The molecule has 0 radical (unpaired) electrons. The number of nitrogens with zero attached hydrogens (tertiary/aromatic N) is 3. The van der Waals surface area contributed by atoms with Gasteiger partial charge in [-0.1, -0.05) is 27.7 Å². The van der Waals surface area contributed by atoms with Gasteiger partial charge in [-0.25, -0.2) is 0 Å². The zero-order valence-electron chi connectivity index (χ0n) is 14.0. The third-order valence-electron chi connectivity index (χ3n) is 1.51. The lowest BCUT2D eigenvalue weighted by atomic mass is 10.5. The van der Waals surface area contributed by atoms with Crippen LogP contribution in [0.2, 0.25) is 0 Å². The van der Waals surface area contributed by atoms with E-state index < -0.39 is 0 Å². The first kappa shape index (κ1) is 28.3. The molecule has 0 spiro atoms. The van der Waals surface area contributed by atoms with Crippen LogP contribution < -0.4 is 5.73 Å². The van der Waals surface area contributed by atoms with E-state index in [-0.39, 0.29) is 34.4 Å². The zero-order valence-corrected chi connectivity index (χ0v) is 14.0. The van der Waals surface area contributed by atoms with Crippen molar-refractivity contribution in [1.29, 1.82) is 0 Å². The van der Waals surface area contributed by atoms with Gasteiger partial charge >= 0.3 is 0 Å². The number of hydrogen-bond donors (Lipinski definition) is 1. The van der Waals surface area contributed by atoms with Gasteiger partial charge in [0.05, 0.1) is 0 Å². The first-order chi connectivity index (χ1) is 10.2. The van der Waals surface area contributed by atoms with Crippen LogP contribution in [-0.4, -0.2) is 40.9 Å². The second-order valence-corrected chi connectivity index (χ2v) is 3.96. The van der Waals surface area contributed by atoms with E-state index in [1.54, 1.807) is 20.8 Å². The van der Waals surface area contributed by atoms with Crippen LogP contribution in [0.1, 0.15) is 53.4 Å². The van der Waals surface area contributed by atoms with E-state index in [1.165, 1.54) is 0 Å². The van der Waals surface area contributed by atoms with Crippen LogP contribution in [0.15, 0.2) is 0 Å². The van der Waals surface area contributed by atoms with Crippen LogP contribution in [0.25, 0.3) is 0 Å². The lowest BCUT2D eigenvalue weighted by Crippen LogP contribution is -1.96. The van der Waals surface area contributed by atoms with Gasteiger partial charge in [0.25, 0.3) is 0 Å². The molecule has 0 aromatic rings. The van der Waals surface area contributed by atoms with Gasteiger partial charge < -0.3 is 5.73 Å². The highest BCUT2D eigenvalue weighted by atomic mass is 16.6. The third-order valence-corrected chi connectivity index (χ3v) is 1.51. The summed E-state index contributed by atoms with van der Waals surface area (Å²) in [5, 5.41) is 28.2. The SMILES string of the molecule is CCCN.CCC[N+](=O)[O-].CCC[N+](=O)[O-].CCC[N+](=O)[O-]. The Labute approximate surface area is 131 Å². The largest absolute Gasteiger partial charge is 0.330 e. The Morgan fingerprint density at radius 2 is 0.818 bits per heavy atom. The Morgan fingerprint density at radius 3 is 0.818 bits per heavy atom. The quantitative estimate of drug-likeness (QED) is 0.555. The molecule has 0 bridgehead atoms. The highest BCUT2D eigenvalue weighted by Crippen LogP contribution is 1.73. The maximum Gasteiger partial charge on any atom is 0.203 e. The topological polar surface area (TPSA) is 155 Å². The lowest BCUT2D eigenvalue weighted by molar-refractivity contribution is -0.479. The number of nitrogens with two attached hydrogens (primary N) is 1. The highest BCUT2D eigenvalue weighted by Gasteiger charge is 1.86. The number of rotatable bonds is 7. The molecule has 134 valence electrons. The average Bonchev–Trinajstić information content (AvgIpc) is 2.40. The minimum atomic E-state index is -0.319. The maximum atomic E-state index is 9.40. The molecule has 0 aromatic heterocycles. The lowest BCUT2D eigenvalue weighted by Gasteiger charge is -1.80. The van der Waals surface area contributed by atoms with Crippen LogP contribution >= 0.6 is 0 Å². The molecule has 0 atom stereocenters. The van der Waals surface area contributed by atoms with E-state index in [0.29, 0.717) is 19.3 Å². The Bertz CT molecular complexity index is 224. The molecule has 10 nitrogen and oxygen atoms in total. The molecule has 0 aromatic carbocycles. The van der Waals surface area contributed by atoms with Gasteiger partial charge in [-0.2, -0.15) is 0 Å². The molecule has 0 fully saturated rings. The highest BCUT2D eigenvalue weighted by molar-refractivity contribution is 4.20. The summed E-state index contributed by atoms with van der Waals surface area (Å²) >= 11 is 0. The summed E-state index contributed by atoms with van der Waals surface area (Å²) in [6.45, 7) is 8.51. The molecule has 0 aliphatic carbocycles. The van der Waals surface area contributed by atoms with Crippen LogP contribution in [0.5, 0.6) is 0 Å².